The summed E-state index contributed by atoms with van der Waals surface area (Å²) in [4.78, 5) is 0. The average molecular weight is 296 g/mol. The lowest BCUT2D eigenvalue weighted by molar-refractivity contribution is 0.147. The first-order valence-corrected chi connectivity index (χ1v) is 6.76. The van der Waals surface area contributed by atoms with E-state index in [4.69, 9.17) is 28.9 Å². The molecule has 0 saturated heterocycles. The number of rotatable bonds is 4. The molecular weight excluding hydrogens is 281 g/mol. The van der Waals surface area contributed by atoms with Gasteiger partial charge in [-0.05, 0) is 35.4 Å². The van der Waals surface area contributed by atoms with Gasteiger partial charge in [-0.3, -0.25) is 0 Å². The summed E-state index contributed by atoms with van der Waals surface area (Å²) in [6.45, 7) is 0.337. The number of aliphatic hydroxyl groups excluding tert-OH is 1. The van der Waals surface area contributed by atoms with Crippen LogP contribution in [0, 0.1) is 0 Å². The molecule has 0 spiro atoms. The summed E-state index contributed by atoms with van der Waals surface area (Å²) in [5.74, 6) is -0.195. The van der Waals surface area contributed by atoms with E-state index in [1.54, 1.807) is 30.3 Å². The number of hydrogen-bond donors (Lipinski definition) is 2. The summed E-state index contributed by atoms with van der Waals surface area (Å²) in [6.07, 6.45) is -0.680. The molecule has 0 aliphatic heterocycles. The largest absolute Gasteiger partial charge is 0.388 e. The minimum Gasteiger partial charge on any atom is -0.388 e. The van der Waals surface area contributed by atoms with Crippen LogP contribution in [0.1, 0.15) is 23.1 Å². The first-order chi connectivity index (χ1) is 9.11. The lowest BCUT2D eigenvalue weighted by Gasteiger charge is -2.22. The van der Waals surface area contributed by atoms with Gasteiger partial charge in [0.2, 0.25) is 0 Å². The molecule has 4 heteroatoms. The van der Waals surface area contributed by atoms with Gasteiger partial charge in [-0.2, -0.15) is 0 Å². The monoisotopic (exact) mass is 295 g/mol. The van der Waals surface area contributed by atoms with E-state index in [0.717, 1.165) is 11.1 Å². The summed E-state index contributed by atoms with van der Waals surface area (Å²) in [5, 5.41) is 11.7. The maximum atomic E-state index is 10.4. The Bertz CT molecular complexity index is 542. The molecule has 2 rings (SSSR count). The Kier molecular flexibility index (Phi) is 4.83. The van der Waals surface area contributed by atoms with E-state index < -0.39 is 6.10 Å². The van der Waals surface area contributed by atoms with Gasteiger partial charge in [-0.25, -0.2) is 0 Å². The molecule has 100 valence electrons. The zero-order valence-corrected chi connectivity index (χ0v) is 11.8. The highest BCUT2D eigenvalue weighted by atomic mass is 35.5. The van der Waals surface area contributed by atoms with Crippen molar-refractivity contribution in [3.8, 4) is 0 Å². The lowest BCUT2D eigenvalue weighted by Crippen LogP contribution is -2.20. The molecule has 0 heterocycles. The molecule has 0 saturated carbocycles. The molecule has 2 unspecified atom stereocenters. The Balaban J connectivity index is 2.28. The van der Waals surface area contributed by atoms with Gasteiger partial charge in [-0.1, -0.05) is 47.5 Å². The Morgan fingerprint density at radius 2 is 1.63 bits per heavy atom. The molecule has 3 N–H and O–H groups in total. The van der Waals surface area contributed by atoms with Crippen molar-refractivity contribution in [2.45, 2.75) is 12.0 Å². The molecule has 0 aliphatic rings. The highest BCUT2D eigenvalue weighted by Gasteiger charge is 2.21. The van der Waals surface area contributed by atoms with Crippen LogP contribution < -0.4 is 5.73 Å². The molecule has 2 nitrogen and oxygen atoms in total. The fourth-order valence-electron chi connectivity index (χ4n) is 2.08. The van der Waals surface area contributed by atoms with E-state index in [-0.39, 0.29) is 5.92 Å². The van der Waals surface area contributed by atoms with Crippen molar-refractivity contribution in [2.75, 3.05) is 6.54 Å². The Morgan fingerprint density at radius 1 is 0.947 bits per heavy atom. The summed E-state index contributed by atoms with van der Waals surface area (Å²) in [5.41, 5.74) is 7.51. The van der Waals surface area contributed by atoms with Gasteiger partial charge in [-0.15, -0.1) is 0 Å². The summed E-state index contributed by atoms with van der Waals surface area (Å²) < 4.78 is 0. The maximum Gasteiger partial charge on any atom is 0.0870 e. The van der Waals surface area contributed by atoms with Crippen molar-refractivity contribution in [2.24, 2.45) is 5.73 Å². The summed E-state index contributed by atoms with van der Waals surface area (Å²) >= 11 is 11.8. The zero-order valence-electron chi connectivity index (χ0n) is 10.3. The molecule has 19 heavy (non-hydrogen) atoms. The second-order valence-electron chi connectivity index (χ2n) is 4.39. The molecule has 0 bridgehead atoms. The average Bonchev–Trinajstić information content (AvgIpc) is 2.40. The smallest absolute Gasteiger partial charge is 0.0870 e. The molecular formula is C15H15Cl2NO. The van der Waals surface area contributed by atoms with E-state index in [1.807, 2.05) is 18.2 Å². The van der Waals surface area contributed by atoms with E-state index in [9.17, 15) is 5.11 Å². The third kappa shape index (κ3) is 3.48. The first-order valence-electron chi connectivity index (χ1n) is 6.01. The second-order valence-corrected chi connectivity index (χ2v) is 5.27. The quantitative estimate of drug-likeness (QED) is 0.902. The fourth-order valence-corrected chi connectivity index (χ4v) is 2.40. The van der Waals surface area contributed by atoms with Crippen LogP contribution in [-0.4, -0.2) is 11.7 Å². The third-order valence-corrected chi connectivity index (χ3v) is 3.61. The highest BCUT2D eigenvalue weighted by molar-refractivity contribution is 6.30. The SMILES string of the molecule is NCC(c1cccc(Cl)c1)C(O)c1ccc(Cl)cc1. The number of aliphatic hydroxyl groups is 1. The zero-order chi connectivity index (χ0) is 13.8. The third-order valence-electron chi connectivity index (χ3n) is 3.12. The van der Waals surface area contributed by atoms with E-state index >= 15 is 0 Å². The van der Waals surface area contributed by atoms with Gasteiger partial charge in [0, 0.05) is 22.5 Å². The Hall–Kier alpha value is -1.06. The number of hydrogen-bond acceptors (Lipinski definition) is 2. The van der Waals surface area contributed by atoms with Crippen LogP contribution in [0.5, 0.6) is 0 Å². The predicted molar refractivity (Wildman–Crippen MR) is 79.7 cm³/mol. The Labute approximate surface area is 122 Å². The number of benzene rings is 2. The Morgan fingerprint density at radius 3 is 2.21 bits per heavy atom. The molecule has 2 atom stereocenters. The van der Waals surface area contributed by atoms with Crippen LogP contribution in [-0.2, 0) is 0 Å². The molecule has 0 aromatic heterocycles. The molecule has 0 amide bonds. The van der Waals surface area contributed by atoms with Gasteiger partial charge in [0.15, 0.2) is 0 Å². The lowest BCUT2D eigenvalue weighted by atomic mass is 9.89. The van der Waals surface area contributed by atoms with Crippen molar-refractivity contribution in [3.05, 3.63) is 69.7 Å². The van der Waals surface area contributed by atoms with Crippen LogP contribution in [0.15, 0.2) is 48.5 Å². The van der Waals surface area contributed by atoms with Gasteiger partial charge in [0.05, 0.1) is 6.10 Å². The first kappa shape index (κ1) is 14.4. The fraction of sp³-hybridized carbons (Fsp3) is 0.200. The molecule has 2 aromatic carbocycles. The van der Waals surface area contributed by atoms with Crippen molar-refractivity contribution in [1.29, 1.82) is 0 Å². The van der Waals surface area contributed by atoms with Gasteiger partial charge in [0.25, 0.3) is 0 Å². The number of halogens is 2. The highest BCUT2D eigenvalue weighted by Crippen LogP contribution is 2.31. The van der Waals surface area contributed by atoms with Crippen LogP contribution >= 0.6 is 23.2 Å². The standard InChI is InChI=1S/C15H15Cl2NO/c16-12-6-4-10(5-7-12)15(19)14(9-18)11-2-1-3-13(17)8-11/h1-8,14-15,19H,9,18H2. The van der Waals surface area contributed by atoms with Gasteiger partial charge >= 0.3 is 0 Å². The van der Waals surface area contributed by atoms with Gasteiger partial charge < -0.3 is 10.8 Å². The minimum atomic E-state index is -0.680. The van der Waals surface area contributed by atoms with Crippen LogP contribution in [0.3, 0.4) is 0 Å². The second kappa shape index (κ2) is 6.40. The molecule has 0 radical (unpaired) electrons. The molecule has 0 aliphatic carbocycles. The maximum absolute atomic E-state index is 10.4. The number of nitrogens with two attached hydrogens (primary N) is 1. The van der Waals surface area contributed by atoms with E-state index in [2.05, 4.69) is 0 Å². The van der Waals surface area contributed by atoms with Gasteiger partial charge in [0.1, 0.15) is 0 Å². The van der Waals surface area contributed by atoms with Crippen LogP contribution in [0.4, 0.5) is 0 Å². The van der Waals surface area contributed by atoms with Crippen LogP contribution in [0.25, 0.3) is 0 Å². The minimum absolute atomic E-state index is 0.195. The normalized spacial score (nSPS) is 14.1. The van der Waals surface area contributed by atoms with Crippen molar-refractivity contribution in [1.82, 2.24) is 0 Å². The van der Waals surface area contributed by atoms with Crippen molar-refractivity contribution >= 4 is 23.2 Å². The molecule has 2 aromatic rings. The van der Waals surface area contributed by atoms with Crippen molar-refractivity contribution < 1.29 is 5.11 Å². The van der Waals surface area contributed by atoms with Crippen LogP contribution in [0.2, 0.25) is 10.0 Å². The topological polar surface area (TPSA) is 46.2 Å². The predicted octanol–water partition coefficient (Wildman–Crippen LogP) is 3.77. The molecule has 0 fully saturated rings. The van der Waals surface area contributed by atoms with E-state index in [0.29, 0.717) is 16.6 Å². The van der Waals surface area contributed by atoms with E-state index in [1.165, 1.54) is 0 Å². The van der Waals surface area contributed by atoms with Crippen molar-refractivity contribution in [3.63, 3.8) is 0 Å². The summed E-state index contributed by atoms with van der Waals surface area (Å²) in [6, 6.07) is 14.5. The summed E-state index contributed by atoms with van der Waals surface area (Å²) in [7, 11) is 0.